The van der Waals surface area contributed by atoms with Crippen molar-refractivity contribution in [2.75, 3.05) is 26.2 Å². The second-order valence-electron chi connectivity index (χ2n) is 8.53. The van der Waals surface area contributed by atoms with Crippen LogP contribution < -0.4 is 10.1 Å². The fraction of sp³-hybridized carbons (Fsp3) is 0.619. The molecule has 0 unspecified atom stereocenters. The van der Waals surface area contributed by atoms with E-state index in [9.17, 15) is 22.8 Å². The molecule has 6 nitrogen and oxygen atoms in total. The van der Waals surface area contributed by atoms with Gasteiger partial charge in [0, 0.05) is 38.6 Å². The highest BCUT2D eigenvalue weighted by Gasteiger charge is 2.44. The summed E-state index contributed by atoms with van der Waals surface area (Å²) in [4.78, 5) is 28.9. The predicted molar refractivity (Wildman–Crippen MR) is 102 cm³/mol. The SMILES string of the molecule is O=C(CN1C[C@H]2C[C@H](C1)[C@H]1CCCC(=O)N1C2)NCc1ccc(OC(F)(F)F)cc1. The minimum atomic E-state index is -4.72. The Bertz CT molecular complexity index is 784. The second-order valence-corrected chi connectivity index (χ2v) is 8.53. The number of rotatable bonds is 5. The number of carbonyl (C=O) groups is 2. The summed E-state index contributed by atoms with van der Waals surface area (Å²) in [6.45, 7) is 2.97. The molecular weight excluding hydrogens is 399 g/mol. The molecule has 0 radical (unpaired) electrons. The fourth-order valence-electron chi connectivity index (χ4n) is 5.11. The zero-order valence-corrected chi connectivity index (χ0v) is 16.7. The largest absolute Gasteiger partial charge is 0.573 e. The van der Waals surface area contributed by atoms with Crippen molar-refractivity contribution < 1.29 is 27.5 Å². The number of alkyl halides is 3. The normalized spacial score (nSPS) is 26.8. The van der Waals surface area contributed by atoms with E-state index in [1.807, 2.05) is 0 Å². The maximum atomic E-state index is 12.4. The summed E-state index contributed by atoms with van der Waals surface area (Å²) in [6, 6.07) is 5.78. The molecule has 2 amide bonds. The number of ether oxygens (including phenoxy) is 1. The Kier molecular flexibility index (Phi) is 5.90. The second kappa shape index (κ2) is 8.45. The minimum absolute atomic E-state index is 0.109. The molecule has 30 heavy (non-hydrogen) atoms. The van der Waals surface area contributed by atoms with Crippen molar-refractivity contribution in [1.82, 2.24) is 15.1 Å². The molecule has 0 saturated carbocycles. The van der Waals surface area contributed by atoms with Crippen molar-refractivity contribution in [3.8, 4) is 5.75 Å². The number of benzene rings is 1. The summed E-state index contributed by atoms with van der Waals surface area (Å²) in [5.41, 5.74) is 0.699. The number of nitrogens with one attached hydrogen (secondary N) is 1. The molecule has 1 aromatic rings. The van der Waals surface area contributed by atoms with Gasteiger partial charge in [0.05, 0.1) is 6.54 Å². The van der Waals surface area contributed by atoms with Gasteiger partial charge in [0.15, 0.2) is 0 Å². The van der Waals surface area contributed by atoms with E-state index in [-0.39, 0.29) is 24.1 Å². The summed E-state index contributed by atoms with van der Waals surface area (Å²) in [5.74, 6) is 0.723. The minimum Gasteiger partial charge on any atom is -0.406 e. The van der Waals surface area contributed by atoms with Crippen LogP contribution in [-0.4, -0.2) is 60.2 Å². The van der Waals surface area contributed by atoms with Crippen LogP contribution in [-0.2, 0) is 16.1 Å². The van der Waals surface area contributed by atoms with Gasteiger partial charge in [-0.25, -0.2) is 0 Å². The summed E-state index contributed by atoms with van der Waals surface area (Å²) in [7, 11) is 0. The predicted octanol–water partition coefficient (Wildman–Crippen LogP) is 2.53. The molecule has 4 rings (SSSR count). The highest BCUT2D eigenvalue weighted by atomic mass is 19.4. The van der Waals surface area contributed by atoms with E-state index < -0.39 is 6.36 Å². The van der Waals surface area contributed by atoms with E-state index in [0.29, 0.717) is 36.4 Å². The Morgan fingerprint density at radius 1 is 1.17 bits per heavy atom. The van der Waals surface area contributed by atoms with Gasteiger partial charge in [-0.1, -0.05) is 12.1 Å². The highest BCUT2D eigenvalue weighted by molar-refractivity contribution is 5.78. The number of amides is 2. The van der Waals surface area contributed by atoms with Crippen LogP contribution >= 0.6 is 0 Å². The molecule has 3 saturated heterocycles. The first-order valence-corrected chi connectivity index (χ1v) is 10.4. The molecule has 2 bridgehead atoms. The van der Waals surface area contributed by atoms with Gasteiger partial charge in [0.1, 0.15) is 5.75 Å². The first-order chi connectivity index (χ1) is 14.3. The van der Waals surface area contributed by atoms with E-state index in [0.717, 1.165) is 38.9 Å². The maximum Gasteiger partial charge on any atom is 0.573 e. The third-order valence-corrected chi connectivity index (χ3v) is 6.27. The van der Waals surface area contributed by atoms with Gasteiger partial charge in [0.2, 0.25) is 11.8 Å². The van der Waals surface area contributed by atoms with E-state index in [4.69, 9.17) is 0 Å². The van der Waals surface area contributed by atoms with Gasteiger partial charge in [-0.15, -0.1) is 13.2 Å². The van der Waals surface area contributed by atoms with E-state index in [2.05, 4.69) is 19.9 Å². The van der Waals surface area contributed by atoms with Crippen molar-refractivity contribution in [2.45, 2.75) is 44.6 Å². The summed E-state index contributed by atoms with van der Waals surface area (Å²) in [6.07, 6.45) is -0.930. The van der Waals surface area contributed by atoms with Crippen LogP contribution in [0.4, 0.5) is 13.2 Å². The van der Waals surface area contributed by atoms with Crippen LogP contribution in [0.1, 0.15) is 31.2 Å². The van der Waals surface area contributed by atoms with E-state index in [1.54, 1.807) is 0 Å². The molecule has 0 aromatic heterocycles. The number of likely N-dealkylation sites (tertiary alicyclic amines) is 1. The van der Waals surface area contributed by atoms with Crippen molar-refractivity contribution in [3.63, 3.8) is 0 Å². The third kappa shape index (κ3) is 5.06. The first-order valence-electron chi connectivity index (χ1n) is 10.4. The smallest absolute Gasteiger partial charge is 0.406 e. The molecule has 9 heteroatoms. The lowest BCUT2D eigenvalue weighted by Gasteiger charge is -2.52. The molecule has 3 atom stereocenters. The number of piperidine rings is 3. The average molecular weight is 425 g/mol. The zero-order valence-electron chi connectivity index (χ0n) is 16.7. The van der Waals surface area contributed by atoms with Crippen LogP contribution in [0.25, 0.3) is 0 Å². The maximum absolute atomic E-state index is 12.4. The molecule has 3 fully saturated rings. The Morgan fingerprint density at radius 3 is 2.67 bits per heavy atom. The van der Waals surface area contributed by atoms with Gasteiger partial charge in [0.25, 0.3) is 0 Å². The number of nitrogens with zero attached hydrogens (tertiary/aromatic N) is 2. The number of hydrogen-bond acceptors (Lipinski definition) is 4. The van der Waals surface area contributed by atoms with Crippen molar-refractivity contribution >= 4 is 11.8 Å². The van der Waals surface area contributed by atoms with Gasteiger partial charge < -0.3 is 15.0 Å². The number of carbonyl (C=O) groups excluding carboxylic acids is 2. The summed E-state index contributed by atoms with van der Waals surface area (Å²) in [5, 5.41) is 2.83. The number of halogens is 3. The van der Waals surface area contributed by atoms with Gasteiger partial charge >= 0.3 is 6.36 Å². The standard InChI is InChI=1S/C21H26F3N3O3/c22-21(23,24)30-17-6-4-14(5-7-17)9-25-19(28)13-26-10-15-8-16(12-26)18-2-1-3-20(29)27(18)11-15/h4-7,15-16,18H,1-3,8-13H2,(H,25,28)/t15-,16-,18-/m1/s1. The molecule has 3 heterocycles. The highest BCUT2D eigenvalue weighted by Crippen LogP contribution is 2.37. The topological polar surface area (TPSA) is 61.9 Å². The molecule has 0 aliphatic carbocycles. The monoisotopic (exact) mass is 425 g/mol. The van der Waals surface area contributed by atoms with Crippen LogP contribution in [0.5, 0.6) is 5.75 Å². The van der Waals surface area contributed by atoms with E-state index in [1.165, 1.54) is 24.3 Å². The summed E-state index contributed by atoms with van der Waals surface area (Å²) < 4.78 is 40.5. The van der Waals surface area contributed by atoms with Gasteiger partial charge in [-0.2, -0.15) is 0 Å². The molecule has 1 N–H and O–H groups in total. The van der Waals surface area contributed by atoms with Gasteiger partial charge in [-0.05, 0) is 48.8 Å². The third-order valence-electron chi connectivity index (χ3n) is 6.27. The zero-order chi connectivity index (χ0) is 21.3. The number of fused-ring (bicyclic) bond motifs is 4. The average Bonchev–Trinajstić information content (AvgIpc) is 2.67. The van der Waals surface area contributed by atoms with Crippen LogP contribution in [0.3, 0.4) is 0 Å². The Labute approximate surface area is 173 Å². The Morgan fingerprint density at radius 2 is 1.93 bits per heavy atom. The molecular formula is C21H26F3N3O3. The molecule has 3 aliphatic heterocycles. The lowest BCUT2D eigenvalue weighted by molar-refractivity contribution is -0.274. The fourth-order valence-corrected chi connectivity index (χ4v) is 5.11. The lowest BCUT2D eigenvalue weighted by atomic mass is 9.76. The number of hydrogen-bond donors (Lipinski definition) is 1. The van der Waals surface area contributed by atoms with Crippen molar-refractivity contribution in [3.05, 3.63) is 29.8 Å². The Hall–Kier alpha value is -2.29. The quantitative estimate of drug-likeness (QED) is 0.788. The molecule has 1 aromatic carbocycles. The lowest BCUT2D eigenvalue weighted by Crippen LogP contribution is -2.61. The van der Waals surface area contributed by atoms with Crippen molar-refractivity contribution in [2.24, 2.45) is 11.8 Å². The molecule has 164 valence electrons. The van der Waals surface area contributed by atoms with Gasteiger partial charge in [-0.3, -0.25) is 14.5 Å². The Balaban J connectivity index is 1.25. The van der Waals surface area contributed by atoms with Crippen LogP contribution in [0.2, 0.25) is 0 Å². The van der Waals surface area contributed by atoms with Crippen LogP contribution in [0.15, 0.2) is 24.3 Å². The van der Waals surface area contributed by atoms with E-state index >= 15 is 0 Å². The molecule has 3 aliphatic rings. The first kappa shape index (κ1) is 21.0. The molecule has 0 spiro atoms. The van der Waals surface area contributed by atoms with Crippen molar-refractivity contribution in [1.29, 1.82) is 0 Å². The summed E-state index contributed by atoms with van der Waals surface area (Å²) >= 11 is 0. The van der Waals surface area contributed by atoms with Crippen LogP contribution in [0, 0.1) is 11.8 Å².